The number of nitrogens with one attached hydrogen (secondary N) is 1. The number of likely N-dealkylation sites (N-methyl/N-ethyl adjacent to an activating group) is 1. The fourth-order valence-corrected chi connectivity index (χ4v) is 0.194. The lowest BCUT2D eigenvalue weighted by Crippen LogP contribution is -2.47. The molecule has 1 unspecified atom stereocenters. The van der Waals surface area contributed by atoms with Gasteiger partial charge >= 0.3 is 0 Å². The monoisotopic (exact) mass is 121 g/mol. The van der Waals surface area contributed by atoms with Gasteiger partial charge in [0.05, 0.1) is 6.04 Å². The van der Waals surface area contributed by atoms with Gasteiger partial charge in [-0.1, -0.05) is 0 Å². The van der Waals surface area contributed by atoms with Crippen LogP contribution >= 0.6 is 0 Å². The molecule has 0 spiro atoms. The fraction of sp³-hybridized carbons (Fsp3) is 1.00. The first-order valence-electron chi connectivity index (χ1n) is 2.33. The molecule has 0 rings (SSSR count). The van der Waals surface area contributed by atoms with Crippen LogP contribution in [0.4, 0.5) is 0 Å². The summed E-state index contributed by atoms with van der Waals surface area (Å²) < 4.78 is 0. The lowest BCUT2D eigenvalue weighted by atomic mass is 10.3. The van der Waals surface area contributed by atoms with Gasteiger partial charge in [0, 0.05) is 0 Å². The van der Waals surface area contributed by atoms with Crippen molar-refractivity contribution < 1.29 is 15.3 Å². The van der Waals surface area contributed by atoms with Gasteiger partial charge < -0.3 is 20.6 Å². The Morgan fingerprint density at radius 2 is 1.75 bits per heavy atom. The summed E-state index contributed by atoms with van der Waals surface area (Å²) in [6, 6.07) is -0.734. The highest BCUT2D eigenvalue weighted by Gasteiger charge is 2.25. The zero-order chi connectivity index (χ0) is 6.78. The van der Waals surface area contributed by atoms with E-state index in [9.17, 15) is 0 Å². The molecule has 0 aliphatic rings. The summed E-state index contributed by atoms with van der Waals surface area (Å²) in [7, 11) is 1.52. The predicted molar refractivity (Wildman–Crippen MR) is 27.9 cm³/mol. The van der Waals surface area contributed by atoms with Crippen molar-refractivity contribution in [2.75, 3.05) is 7.05 Å². The maximum absolute atomic E-state index is 8.33. The first-order valence-corrected chi connectivity index (χ1v) is 2.33. The Kier molecular flexibility index (Phi) is 2.36. The number of hydrogen-bond donors (Lipinski definition) is 4. The van der Waals surface area contributed by atoms with Gasteiger partial charge in [-0.3, -0.25) is 0 Å². The van der Waals surface area contributed by atoms with E-state index >= 15 is 0 Å². The van der Waals surface area contributed by atoms with Crippen LogP contribution in [0, 0.1) is 0 Å². The lowest BCUT2D eigenvalue weighted by Gasteiger charge is -2.20. The molecule has 0 amide bonds. The van der Waals surface area contributed by atoms with Crippen molar-refractivity contribution >= 4 is 0 Å². The number of hydrogen-bond acceptors (Lipinski definition) is 4. The summed E-state index contributed by atoms with van der Waals surface area (Å²) >= 11 is 0. The molecule has 0 aliphatic heterocycles. The normalized spacial score (nSPS) is 16.1. The van der Waals surface area contributed by atoms with E-state index in [1.807, 2.05) is 0 Å². The highest BCUT2D eigenvalue weighted by molar-refractivity contribution is 4.63. The summed E-state index contributed by atoms with van der Waals surface area (Å²) in [4.78, 5) is 0. The van der Waals surface area contributed by atoms with Crippen molar-refractivity contribution in [1.82, 2.24) is 5.32 Å². The van der Waals surface area contributed by atoms with Crippen LogP contribution in [-0.4, -0.2) is 34.4 Å². The van der Waals surface area contributed by atoms with Crippen LogP contribution in [-0.2, 0) is 0 Å². The molecule has 0 fully saturated rings. The minimum absolute atomic E-state index is 0.734. The Morgan fingerprint density at radius 1 is 1.38 bits per heavy atom. The third kappa shape index (κ3) is 2.23. The Labute approximate surface area is 47.8 Å². The minimum Gasteiger partial charge on any atom is -0.342 e. The zero-order valence-corrected chi connectivity index (χ0v) is 4.92. The second-order valence-corrected chi connectivity index (χ2v) is 1.70. The standard InChI is InChI=1S/C4H11NO3/c1-3(5-2)4(6,7)8/h3,5-8H,1-2H3. The Hall–Kier alpha value is -0.160. The van der Waals surface area contributed by atoms with Crippen molar-refractivity contribution in [3.63, 3.8) is 0 Å². The van der Waals surface area contributed by atoms with Crippen LogP contribution in [0.1, 0.15) is 6.92 Å². The summed E-state index contributed by atoms with van der Waals surface area (Å²) in [5.74, 6) is -2.60. The second kappa shape index (κ2) is 2.41. The molecule has 0 saturated heterocycles. The van der Waals surface area contributed by atoms with E-state index in [0.29, 0.717) is 0 Å². The topological polar surface area (TPSA) is 72.7 Å². The first kappa shape index (κ1) is 7.84. The van der Waals surface area contributed by atoms with E-state index in [1.54, 1.807) is 0 Å². The van der Waals surface area contributed by atoms with Gasteiger partial charge in [0.15, 0.2) is 0 Å². The molecule has 4 N–H and O–H groups in total. The van der Waals surface area contributed by atoms with Crippen molar-refractivity contribution in [2.24, 2.45) is 0 Å². The molecule has 0 bridgehead atoms. The van der Waals surface area contributed by atoms with Gasteiger partial charge in [-0.25, -0.2) is 0 Å². The third-order valence-electron chi connectivity index (χ3n) is 1.01. The van der Waals surface area contributed by atoms with Gasteiger partial charge in [-0.2, -0.15) is 0 Å². The molecular formula is C4H11NO3. The van der Waals surface area contributed by atoms with Crippen LogP contribution in [0.15, 0.2) is 0 Å². The van der Waals surface area contributed by atoms with E-state index in [-0.39, 0.29) is 0 Å². The highest BCUT2D eigenvalue weighted by atomic mass is 16.7. The SMILES string of the molecule is CNC(C)C(O)(O)O. The van der Waals surface area contributed by atoms with Crippen molar-refractivity contribution in [3.05, 3.63) is 0 Å². The number of rotatable bonds is 2. The van der Waals surface area contributed by atoms with E-state index in [4.69, 9.17) is 15.3 Å². The smallest absolute Gasteiger partial charge is 0.291 e. The second-order valence-electron chi connectivity index (χ2n) is 1.70. The van der Waals surface area contributed by atoms with E-state index < -0.39 is 12.0 Å². The van der Waals surface area contributed by atoms with Crippen LogP contribution in [0.2, 0.25) is 0 Å². The molecule has 4 heteroatoms. The molecule has 0 aromatic rings. The summed E-state index contributed by atoms with van der Waals surface area (Å²) in [5, 5.41) is 27.5. The van der Waals surface area contributed by atoms with Gasteiger partial charge in [-0.05, 0) is 14.0 Å². The summed E-state index contributed by atoms with van der Waals surface area (Å²) in [5.41, 5.74) is 0. The molecule has 0 heterocycles. The van der Waals surface area contributed by atoms with Gasteiger partial charge in [0.2, 0.25) is 0 Å². The largest absolute Gasteiger partial charge is 0.342 e. The summed E-state index contributed by atoms with van der Waals surface area (Å²) in [6.45, 7) is 1.44. The van der Waals surface area contributed by atoms with Gasteiger partial charge in [0.25, 0.3) is 5.97 Å². The average Bonchev–Trinajstić information content (AvgIpc) is 1.62. The zero-order valence-electron chi connectivity index (χ0n) is 4.92. The lowest BCUT2D eigenvalue weighted by molar-refractivity contribution is -0.324. The fourth-order valence-electron chi connectivity index (χ4n) is 0.194. The molecule has 1 atom stereocenters. The highest BCUT2D eigenvalue weighted by Crippen LogP contribution is 1.97. The van der Waals surface area contributed by atoms with Crippen LogP contribution < -0.4 is 5.32 Å². The van der Waals surface area contributed by atoms with Crippen molar-refractivity contribution in [1.29, 1.82) is 0 Å². The van der Waals surface area contributed by atoms with Crippen LogP contribution in [0.5, 0.6) is 0 Å². The quantitative estimate of drug-likeness (QED) is 0.326. The molecule has 0 saturated carbocycles. The van der Waals surface area contributed by atoms with Crippen LogP contribution in [0.3, 0.4) is 0 Å². The predicted octanol–water partition coefficient (Wildman–Crippen LogP) is -1.78. The molecule has 0 aliphatic carbocycles. The molecule has 4 nitrogen and oxygen atoms in total. The maximum atomic E-state index is 8.33. The van der Waals surface area contributed by atoms with Gasteiger partial charge in [-0.15, -0.1) is 0 Å². The van der Waals surface area contributed by atoms with E-state index in [0.717, 1.165) is 0 Å². The minimum atomic E-state index is -2.60. The first-order chi connectivity index (χ1) is 3.48. The Balaban J connectivity index is 3.62. The molecule has 0 radical (unpaired) electrons. The van der Waals surface area contributed by atoms with Crippen LogP contribution in [0.25, 0.3) is 0 Å². The van der Waals surface area contributed by atoms with Gasteiger partial charge in [0.1, 0.15) is 0 Å². The van der Waals surface area contributed by atoms with Crippen molar-refractivity contribution in [3.8, 4) is 0 Å². The summed E-state index contributed by atoms with van der Waals surface area (Å²) in [6.07, 6.45) is 0. The molecule has 0 aromatic heterocycles. The Morgan fingerprint density at radius 3 is 1.75 bits per heavy atom. The van der Waals surface area contributed by atoms with E-state index in [2.05, 4.69) is 5.32 Å². The molecule has 8 heavy (non-hydrogen) atoms. The Bertz CT molecular complexity index is 68.2. The maximum Gasteiger partial charge on any atom is 0.291 e. The van der Waals surface area contributed by atoms with E-state index in [1.165, 1.54) is 14.0 Å². The number of aliphatic hydroxyl groups is 3. The molecule has 50 valence electrons. The third-order valence-corrected chi connectivity index (χ3v) is 1.01. The average molecular weight is 121 g/mol. The molecular weight excluding hydrogens is 110 g/mol. The van der Waals surface area contributed by atoms with Crippen molar-refractivity contribution in [2.45, 2.75) is 18.9 Å². The molecule has 0 aromatic carbocycles.